The molecule has 17 aromatic rings. The maximum absolute atomic E-state index is 16.4. The van der Waals surface area contributed by atoms with Crippen LogP contribution >= 0.6 is 29.8 Å². The van der Waals surface area contributed by atoms with Gasteiger partial charge in [-0.25, -0.2) is 0 Å². The molecule has 0 amide bonds. The number of hydrogen-bond acceptors (Lipinski definition) is 7. The third kappa shape index (κ3) is 17.0. The van der Waals surface area contributed by atoms with Crippen molar-refractivity contribution < 1.29 is 4.57 Å². The van der Waals surface area contributed by atoms with E-state index in [4.69, 9.17) is 0 Å². The van der Waals surface area contributed by atoms with Crippen molar-refractivity contribution in [1.82, 2.24) is 0 Å². The van der Waals surface area contributed by atoms with Crippen molar-refractivity contribution in [2.24, 2.45) is 0 Å². The summed E-state index contributed by atoms with van der Waals surface area (Å²) in [5.74, 6) is 0. The number of thiophene rings is 2. The van der Waals surface area contributed by atoms with E-state index in [0.717, 1.165) is 159 Å². The van der Waals surface area contributed by atoms with Crippen molar-refractivity contribution >= 4 is 187 Å². The van der Waals surface area contributed by atoms with Gasteiger partial charge in [-0.15, -0.1) is 22.7 Å². The van der Waals surface area contributed by atoms with Crippen LogP contribution in [-0.4, -0.2) is 0 Å². The molecule has 564 valence electrons. The molecular formula is C110H81N4OPS2. The molecule has 0 radical (unpaired) electrons. The minimum atomic E-state index is -3.29. The lowest BCUT2D eigenvalue weighted by Crippen LogP contribution is -2.19. The molecule has 0 bridgehead atoms. The van der Waals surface area contributed by atoms with Crippen molar-refractivity contribution in [3.63, 3.8) is 0 Å². The highest BCUT2D eigenvalue weighted by Gasteiger charge is 2.43. The summed E-state index contributed by atoms with van der Waals surface area (Å²) in [6.07, 6.45) is 26.4. The number of rotatable bonds is 25. The van der Waals surface area contributed by atoms with E-state index >= 15 is 4.57 Å². The summed E-state index contributed by atoms with van der Waals surface area (Å²) in [4.78, 5) is 13.3. The summed E-state index contributed by atoms with van der Waals surface area (Å²) in [5.41, 5.74) is 23.8. The molecule has 0 fully saturated rings. The number of benzene rings is 15. The zero-order valence-electron chi connectivity index (χ0n) is 64.7. The van der Waals surface area contributed by atoms with Crippen molar-refractivity contribution in [1.29, 1.82) is 0 Å². The molecule has 0 atom stereocenters. The lowest BCUT2D eigenvalue weighted by atomic mass is 10.0. The summed E-state index contributed by atoms with van der Waals surface area (Å²) in [7, 11) is -3.29. The molecule has 1 aliphatic heterocycles. The second-order valence-electron chi connectivity index (χ2n) is 28.9. The Bertz CT molecular complexity index is 5670. The number of para-hydroxylation sites is 8. The van der Waals surface area contributed by atoms with Crippen LogP contribution < -0.4 is 35.5 Å². The third-order valence-electron chi connectivity index (χ3n) is 20.9. The Balaban J connectivity index is 0.656. The van der Waals surface area contributed by atoms with E-state index in [0.29, 0.717) is 0 Å². The van der Waals surface area contributed by atoms with Crippen molar-refractivity contribution in [3.05, 3.63) is 484 Å². The molecule has 1 aliphatic rings. The second-order valence-corrected chi connectivity index (χ2v) is 33.8. The topological polar surface area (TPSA) is 30.0 Å². The monoisotopic (exact) mass is 1570 g/mol. The maximum Gasteiger partial charge on any atom is 0.174 e. The predicted molar refractivity (Wildman–Crippen MR) is 512 cm³/mol. The van der Waals surface area contributed by atoms with Crippen LogP contribution in [0.25, 0.3) is 82.7 Å². The average Bonchev–Trinajstić information content (AvgIpc) is 1.54. The Morgan fingerprint density at radius 2 is 0.347 bits per heavy atom. The molecule has 118 heavy (non-hydrogen) atoms. The van der Waals surface area contributed by atoms with Crippen LogP contribution in [0.4, 0.5) is 68.2 Å². The van der Waals surface area contributed by atoms with E-state index in [1.807, 2.05) is 30.3 Å². The molecule has 0 N–H and O–H groups in total. The van der Waals surface area contributed by atoms with Crippen LogP contribution in [0.1, 0.15) is 65.4 Å². The fourth-order valence-electron chi connectivity index (χ4n) is 15.3. The molecule has 0 saturated heterocycles. The Morgan fingerprint density at radius 3 is 0.551 bits per heavy atom. The molecule has 15 aromatic carbocycles. The summed E-state index contributed by atoms with van der Waals surface area (Å²) in [5, 5.41) is 2.64. The summed E-state index contributed by atoms with van der Waals surface area (Å²) in [6, 6.07) is 147. The molecule has 3 heterocycles. The van der Waals surface area contributed by atoms with Gasteiger partial charge in [-0.3, -0.25) is 0 Å². The van der Waals surface area contributed by atoms with Gasteiger partial charge in [-0.2, -0.15) is 0 Å². The molecule has 0 spiro atoms. The number of hydrogen-bond donors (Lipinski definition) is 0. The van der Waals surface area contributed by atoms with E-state index in [9.17, 15) is 0 Å². The normalized spacial score (nSPS) is 12.3. The van der Waals surface area contributed by atoms with E-state index < -0.39 is 7.14 Å². The largest absolute Gasteiger partial charge is 0.311 e. The molecule has 18 rings (SSSR count). The maximum atomic E-state index is 16.4. The van der Waals surface area contributed by atoms with Crippen LogP contribution in [0, 0.1) is 0 Å². The molecule has 0 aliphatic carbocycles. The number of anilines is 12. The molecule has 0 saturated carbocycles. The first kappa shape index (κ1) is 75.0. The van der Waals surface area contributed by atoms with Gasteiger partial charge >= 0.3 is 0 Å². The first-order valence-electron chi connectivity index (χ1n) is 39.7. The van der Waals surface area contributed by atoms with Crippen molar-refractivity contribution in [2.45, 2.75) is 0 Å². The molecular weight excluding hydrogens is 1490 g/mol. The van der Waals surface area contributed by atoms with Gasteiger partial charge in [0.1, 0.15) is 0 Å². The SMILES string of the molecule is O=P1(c2ccccc2)c2cc(/C=C/c3cc(/C=C/c4ccc(N(c5ccccc5)c5ccccc5)cc4)cc(/C=C/c4ccc(N(c5ccccc5)c5ccccc5)cc4)c3)sc2-c2sc(/C=C/c3cc(/C=C/c4ccc(N(c5ccccc5)c5ccccc5)cc4)cc(/C=C/c4ccc(N(c5ccccc5)c5ccccc5)cc4)c3)cc21. The Hall–Kier alpha value is -14.4. The van der Waals surface area contributed by atoms with Gasteiger partial charge in [0.15, 0.2) is 7.14 Å². The first-order valence-corrected chi connectivity index (χ1v) is 43.0. The van der Waals surface area contributed by atoms with Gasteiger partial charge in [0, 0.05) is 93.9 Å². The quantitative estimate of drug-likeness (QED) is 0.0420. The van der Waals surface area contributed by atoms with Gasteiger partial charge in [0.2, 0.25) is 0 Å². The van der Waals surface area contributed by atoms with Gasteiger partial charge in [0.05, 0.1) is 9.75 Å². The van der Waals surface area contributed by atoms with Crippen LogP contribution in [-0.2, 0) is 4.57 Å². The number of fused-ring (bicyclic) bond motifs is 3. The highest BCUT2D eigenvalue weighted by atomic mass is 32.1. The average molecular weight is 1570 g/mol. The summed E-state index contributed by atoms with van der Waals surface area (Å²) in [6.45, 7) is 0. The highest BCUT2D eigenvalue weighted by Crippen LogP contribution is 2.57. The predicted octanol–water partition coefficient (Wildman–Crippen LogP) is 30.3. The van der Waals surface area contributed by atoms with E-state index in [-0.39, 0.29) is 0 Å². The number of nitrogens with zero attached hydrogens (tertiary/aromatic N) is 4. The molecule has 0 unspecified atom stereocenters. The fourth-order valence-corrected chi connectivity index (χ4v) is 21.6. The Morgan fingerprint density at radius 1 is 0.178 bits per heavy atom. The zero-order valence-corrected chi connectivity index (χ0v) is 67.3. The van der Waals surface area contributed by atoms with Gasteiger partial charge < -0.3 is 24.2 Å². The van der Waals surface area contributed by atoms with Crippen LogP contribution in [0.2, 0.25) is 0 Å². The van der Waals surface area contributed by atoms with Crippen LogP contribution in [0.5, 0.6) is 0 Å². The van der Waals surface area contributed by atoms with Gasteiger partial charge in [0.25, 0.3) is 0 Å². The van der Waals surface area contributed by atoms with Crippen molar-refractivity contribution in [2.75, 3.05) is 19.6 Å². The smallest absolute Gasteiger partial charge is 0.174 e. The first-order chi connectivity index (χ1) is 58.3. The van der Waals surface area contributed by atoms with Crippen LogP contribution in [0.3, 0.4) is 0 Å². The van der Waals surface area contributed by atoms with E-state index in [1.54, 1.807) is 22.7 Å². The fraction of sp³-hybridized carbons (Fsp3) is 0. The third-order valence-corrected chi connectivity index (χ3v) is 26.7. The standard InChI is InChI=1S/C110H81N4OPS2/c115-116(104-44-26-9-27-45-104)107-80-105(72-62-90-76-86(50-46-82-54-64-100(65-55-82)111(92-28-10-1-11-29-92)93-30-12-2-13-31-93)74-87(77-90)51-47-83-56-66-101(67-57-83)112(94-32-14-3-15-33-94)95-34-16-4-17-35-95)117-109(107)110-108(116)81-106(118-110)73-63-91-78-88(52-48-84-58-68-102(69-59-84)113(96-36-18-5-19-37-96)97-38-20-6-21-39-97)75-89(79-91)53-49-85-60-70-103(71-61-85)114(98-40-22-7-23-41-98)99-42-24-8-25-43-99/h1-81H/b50-46+,51-47+,52-48+,53-49+,72-62+,73-63+. The summed E-state index contributed by atoms with van der Waals surface area (Å²) >= 11 is 3.43. The molecule has 2 aromatic heterocycles. The Kier molecular flexibility index (Phi) is 22.3. The minimum Gasteiger partial charge on any atom is -0.311 e. The van der Waals surface area contributed by atoms with Gasteiger partial charge in [-0.05, 0) is 262 Å². The highest BCUT2D eigenvalue weighted by molar-refractivity contribution is 7.87. The lowest BCUT2D eigenvalue weighted by molar-refractivity contribution is 0.593. The lowest BCUT2D eigenvalue weighted by Gasteiger charge is -2.25. The van der Waals surface area contributed by atoms with E-state index in [2.05, 4.69) is 481 Å². The minimum absolute atomic E-state index is 0.834. The zero-order chi connectivity index (χ0) is 79.2. The summed E-state index contributed by atoms with van der Waals surface area (Å²) < 4.78 is 16.4. The Labute approximate surface area is 699 Å². The van der Waals surface area contributed by atoms with Crippen molar-refractivity contribution in [3.8, 4) is 9.75 Å². The molecule has 5 nitrogen and oxygen atoms in total. The van der Waals surface area contributed by atoms with E-state index in [1.165, 1.54) is 0 Å². The second kappa shape index (κ2) is 35.1. The van der Waals surface area contributed by atoms with Gasteiger partial charge in [-0.1, -0.05) is 285 Å². The molecule has 8 heteroatoms. The van der Waals surface area contributed by atoms with Crippen LogP contribution in [0.15, 0.2) is 419 Å².